The van der Waals surface area contributed by atoms with Crippen LogP contribution in [0.15, 0.2) is 42.9 Å². The van der Waals surface area contributed by atoms with Crippen LogP contribution in [0.25, 0.3) is 5.69 Å². The van der Waals surface area contributed by atoms with Gasteiger partial charge < -0.3 is 4.74 Å². The van der Waals surface area contributed by atoms with Gasteiger partial charge in [0.05, 0.1) is 29.1 Å². The molecule has 0 amide bonds. The molecule has 1 radical (unpaired) electrons. The number of para-hydroxylation sites is 1. The third-order valence-corrected chi connectivity index (χ3v) is 4.00. The maximum Gasteiger partial charge on any atom is 0.216 e. The smallest absolute Gasteiger partial charge is 0.216 e. The van der Waals surface area contributed by atoms with E-state index in [0.29, 0.717) is 40.6 Å². The van der Waals surface area contributed by atoms with Gasteiger partial charge in [0.1, 0.15) is 18.0 Å². The van der Waals surface area contributed by atoms with E-state index in [0.717, 1.165) is 5.69 Å². The molecule has 24 heavy (non-hydrogen) atoms. The van der Waals surface area contributed by atoms with E-state index in [1.54, 1.807) is 23.0 Å². The second-order valence-corrected chi connectivity index (χ2v) is 5.64. The van der Waals surface area contributed by atoms with E-state index >= 15 is 0 Å². The first-order chi connectivity index (χ1) is 11.7. The predicted octanol–water partition coefficient (Wildman–Crippen LogP) is 3.59. The Hall–Kier alpha value is -2.31. The molecule has 8 heteroatoms. The molecular formula is C16H14Cl2N5O. The number of halogens is 2. The zero-order chi connectivity index (χ0) is 16.9. The summed E-state index contributed by atoms with van der Waals surface area (Å²) in [6.07, 6.45) is 3.09. The molecule has 1 aromatic carbocycles. The standard InChI is InChI=1S/C16H14Cl2N5O/c1-11-15(18)16(21-10-20-11)19-8-9-24-14-6-7-22-23(14)13-5-3-2-4-12(13)17/h2-7,10H,8-9H2,1H3. The Morgan fingerprint density at radius 3 is 2.83 bits per heavy atom. The van der Waals surface area contributed by atoms with Gasteiger partial charge in [-0.05, 0) is 19.1 Å². The molecule has 3 aromatic rings. The van der Waals surface area contributed by atoms with Gasteiger partial charge in [-0.3, -0.25) is 5.32 Å². The molecule has 0 N–H and O–H groups in total. The van der Waals surface area contributed by atoms with Crippen LogP contribution in [0.4, 0.5) is 5.82 Å². The van der Waals surface area contributed by atoms with Crippen molar-refractivity contribution in [1.29, 1.82) is 0 Å². The Labute approximate surface area is 149 Å². The van der Waals surface area contributed by atoms with Crippen molar-refractivity contribution in [3.63, 3.8) is 0 Å². The number of aromatic nitrogens is 4. The van der Waals surface area contributed by atoms with Crippen LogP contribution in [0.2, 0.25) is 10.0 Å². The second-order valence-electron chi connectivity index (χ2n) is 4.86. The van der Waals surface area contributed by atoms with Crippen LogP contribution in [0.5, 0.6) is 5.88 Å². The molecule has 0 fully saturated rings. The zero-order valence-corrected chi connectivity index (χ0v) is 14.4. The van der Waals surface area contributed by atoms with Crippen molar-refractivity contribution in [3.05, 3.63) is 58.6 Å². The van der Waals surface area contributed by atoms with Gasteiger partial charge in [-0.2, -0.15) is 9.78 Å². The van der Waals surface area contributed by atoms with Crippen LogP contribution in [-0.4, -0.2) is 32.9 Å². The number of aryl methyl sites for hydroxylation is 1. The minimum Gasteiger partial charge on any atom is -0.476 e. The monoisotopic (exact) mass is 362 g/mol. The fraction of sp³-hybridized carbons (Fsp3) is 0.188. The third-order valence-electron chi connectivity index (χ3n) is 3.24. The molecule has 6 nitrogen and oxygen atoms in total. The summed E-state index contributed by atoms with van der Waals surface area (Å²) in [5.74, 6) is 1.05. The van der Waals surface area contributed by atoms with Gasteiger partial charge in [0, 0.05) is 6.07 Å². The van der Waals surface area contributed by atoms with E-state index in [2.05, 4.69) is 20.4 Å². The van der Waals surface area contributed by atoms with E-state index in [9.17, 15) is 0 Å². The quantitative estimate of drug-likeness (QED) is 0.628. The van der Waals surface area contributed by atoms with E-state index in [1.165, 1.54) is 6.33 Å². The summed E-state index contributed by atoms with van der Waals surface area (Å²) in [5, 5.41) is 9.62. The highest BCUT2D eigenvalue weighted by molar-refractivity contribution is 6.33. The summed E-state index contributed by atoms with van der Waals surface area (Å²) in [6, 6.07) is 9.20. The normalized spacial score (nSPS) is 10.6. The highest BCUT2D eigenvalue weighted by atomic mass is 35.5. The molecule has 3 rings (SSSR count). The predicted molar refractivity (Wildman–Crippen MR) is 92.5 cm³/mol. The van der Waals surface area contributed by atoms with Gasteiger partial charge in [0.15, 0.2) is 5.82 Å². The van der Waals surface area contributed by atoms with E-state index in [1.807, 2.05) is 25.1 Å². The molecule has 0 aliphatic rings. The molecule has 0 atom stereocenters. The van der Waals surface area contributed by atoms with Gasteiger partial charge in [-0.1, -0.05) is 35.3 Å². The molecule has 0 aliphatic heterocycles. The SMILES string of the molecule is Cc1ncnc([N]CCOc2ccnn2-c2ccccc2Cl)c1Cl. The lowest BCUT2D eigenvalue weighted by atomic mass is 10.3. The molecule has 2 heterocycles. The Bertz CT molecular complexity index is 837. The first-order valence-corrected chi connectivity index (χ1v) is 7.98. The highest BCUT2D eigenvalue weighted by Crippen LogP contribution is 2.24. The largest absolute Gasteiger partial charge is 0.476 e. The summed E-state index contributed by atoms with van der Waals surface area (Å²) >= 11 is 12.3. The lowest BCUT2D eigenvalue weighted by Gasteiger charge is -2.10. The van der Waals surface area contributed by atoms with Gasteiger partial charge in [0.25, 0.3) is 0 Å². The fourth-order valence-corrected chi connectivity index (χ4v) is 2.44. The van der Waals surface area contributed by atoms with Crippen molar-refractivity contribution >= 4 is 29.0 Å². The van der Waals surface area contributed by atoms with Crippen molar-refractivity contribution in [2.24, 2.45) is 0 Å². The topological polar surface area (TPSA) is 66.9 Å². The van der Waals surface area contributed by atoms with Crippen LogP contribution in [-0.2, 0) is 0 Å². The van der Waals surface area contributed by atoms with Crippen molar-refractivity contribution in [2.75, 3.05) is 13.2 Å². The maximum absolute atomic E-state index is 6.20. The van der Waals surface area contributed by atoms with Crippen LogP contribution in [0, 0.1) is 6.92 Å². The molecule has 0 aliphatic carbocycles. The van der Waals surface area contributed by atoms with Crippen LogP contribution in [0.1, 0.15) is 5.69 Å². The first kappa shape index (κ1) is 16.5. The number of hydrogen-bond acceptors (Lipinski definition) is 4. The van der Waals surface area contributed by atoms with Crippen LogP contribution < -0.4 is 10.1 Å². The molecule has 0 unspecified atom stereocenters. The van der Waals surface area contributed by atoms with Gasteiger partial charge >= 0.3 is 0 Å². The molecule has 2 aromatic heterocycles. The van der Waals surface area contributed by atoms with Crippen molar-refractivity contribution in [1.82, 2.24) is 25.1 Å². The third kappa shape index (κ3) is 3.60. The number of hydrogen-bond donors (Lipinski definition) is 0. The van der Waals surface area contributed by atoms with Gasteiger partial charge in [0.2, 0.25) is 5.88 Å². The molecule has 0 spiro atoms. The number of rotatable bonds is 6. The average Bonchev–Trinajstić information content (AvgIpc) is 3.04. The maximum atomic E-state index is 6.20. The first-order valence-electron chi connectivity index (χ1n) is 7.23. The average molecular weight is 363 g/mol. The Balaban J connectivity index is 1.62. The van der Waals surface area contributed by atoms with Crippen molar-refractivity contribution < 1.29 is 4.74 Å². The summed E-state index contributed by atoms with van der Waals surface area (Å²) < 4.78 is 7.38. The Kier molecular flexibility index (Phi) is 5.17. The Morgan fingerprint density at radius 1 is 1.17 bits per heavy atom. The van der Waals surface area contributed by atoms with Crippen molar-refractivity contribution in [2.45, 2.75) is 6.92 Å². The van der Waals surface area contributed by atoms with E-state index < -0.39 is 0 Å². The van der Waals surface area contributed by atoms with E-state index in [4.69, 9.17) is 27.9 Å². The highest BCUT2D eigenvalue weighted by Gasteiger charge is 2.10. The van der Waals surface area contributed by atoms with Gasteiger partial charge in [-0.25, -0.2) is 9.97 Å². The molecular weight excluding hydrogens is 349 g/mol. The molecule has 0 saturated carbocycles. The molecule has 0 bridgehead atoms. The molecule has 0 saturated heterocycles. The zero-order valence-electron chi connectivity index (χ0n) is 12.9. The minimum atomic E-state index is 0.357. The number of benzene rings is 1. The van der Waals surface area contributed by atoms with Gasteiger partial charge in [-0.15, -0.1) is 0 Å². The van der Waals surface area contributed by atoms with Crippen LogP contribution >= 0.6 is 23.2 Å². The summed E-state index contributed by atoms with van der Waals surface area (Å²) in [4.78, 5) is 8.05. The van der Waals surface area contributed by atoms with E-state index in [-0.39, 0.29) is 0 Å². The molecule has 123 valence electrons. The summed E-state index contributed by atoms with van der Waals surface area (Å²) in [6.45, 7) is 2.57. The minimum absolute atomic E-state index is 0.357. The lowest BCUT2D eigenvalue weighted by molar-refractivity contribution is 0.298. The number of nitrogens with zero attached hydrogens (tertiary/aromatic N) is 5. The fourth-order valence-electron chi connectivity index (χ4n) is 2.06. The Morgan fingerprint density at radius 2 is 2.00 bits per heavy atom. The summed E-state index contributed by atoms with van der Waals surface area (Å²) in [7, 11) is 0. The van der Waals surface area contributed by atoms with Crippen molar-refractivity contribution in [3.8, 4) is 11.6 Å². The van der Waals surface area contributed by atoms with Crippen LogP contribution in [0.3, 0.4) is 0 Å². The number of ether oxygens (including phenoxy) is 1. The second kappa shape index (κ2) is 7.51. The summed E-state index contributed by atoms with van der Waals surface area (Å²) in [5.41, 5.74) is 1.45. The lowest BCUT2D eigenvalue weighted by Crippen LogP contribution is -2.14.